The number of hydrogen-bond acceptors (Lipinski definition) is 3. The summed E-state index contributed by atoms with van der Waals surface area (Å²) in [4.78, 5) is 14.0. The maximum Gasteiger partial charge on any atom is 0.238 e. The van der Waals surface area contributed by atoms with Crippen molar-refractivity contribution < 1.29 is 9.18 Å². The molecule has 0 spiro atoms. The molecule has 1 aliphatic rings. The lowest BCUT2D eigenvalue weighted by Crippen LogP contribution is -2.58. The Hall–Kier alpha value is -1.17. The quantitative estimate of drug-likeness (QED) is 0.866. The molecule has 104 valence electrons. The second-order valence-electron chi connectivity index (χ2n) is 4.55. The Morgan fingerprint density at radius 2 is 2.32 bits per heavy atom. The first-order chi connectivity index (χ1) is 9.10. The minimum absolute atomic E-state index is 0.00772. The van der Waals surface area contributed by atoms with Gasteiger partial charge >= 0.3 is 0 Å². The summed E-state index contributed by atoms with van der Waals surface area (Å²) >= 11 is 5.67. The van der Waals surface area contributed by atoms with Crippen LogP contribution >= 0.6 is 11.6 Å². The second-order valence-corrected chi connectivity index (χ2v) is 4.96. The highest BCUT2D eigenvalue weighted by molar-refractivity contribution is 6.31. The number of rotatable bonds is 5. The van der Waals surface area contributed by atoms with E-state index in [9.17, 15) is 9.18 Å². The first-order valence-electron chi connectivity index (χ1n) is 6.30. The molecule has 1 aromatic carbocycles. The van der Waals surface area contributed by atoms with E-state index in [0.717, 1.165) is 19.6 Å². The van der Waals surface area contributed by atoms with Crippen molar-refractivity contribution in [3.05, 3.63) is 29.0 Å². The zero-order chi connectivity index (χ0) is 13.8. The van der Waals surface area contributed by atoms with Crippen molar-refractivity contribution in [3.8, 4) is 0 Å². The van der Waals surface area contributed by atoms with E-state index in [4.69, 9.17) is 11.6 Å². The number of anilines is 1. The third kappa shape index (κ3) is 3.65. The Labute approximate surface area is 116 Å². The van der Waals surface area contributed by atoms with E-state index >= 15 is 0 Å². The fourth-order valence-electron chi connectivity index (χ4n) is 1.99. The van der Waals surface area contributed by atoms with Crippen molar-refractivity contribution in [1.29, 1.82) is 0 Å². The van der Waals surface area contributed by atoms with E-state index < -0.39 is 5.82 Å². The lowest BCUT2D eigenvalue weighted by molar-refractivity contribution is -0.118. The predicted molar refractivity (Wildman–Crippen MR) is 73.9 cm³/mol. The number of nitrogens with one attached hydrogen (secondary N) is 2. The third-order valence-electron chi connectivity index (χ3n) is 3.23. The number of amides is 1. The molecule has 6 heteroatoms. The summed E-state index contributed by atoms with van der Waals surface area (Å²) in [5, 5.41) is 5.91. The molecule has 19 heavy (non-hydrogen) atoms. The molecular weight excluding hydrogens is 269 g/mol. The maximum absolute atomic E-state index is 13.0. The van der Waals surface area contributed by atoms with Crippen molar-refractivity contribution in [2.24, 2.45) is 0 Å². The second kappa shape index (κ2) is 6.32. The molecule has 1 aliphatic heterocycles. The molecule has 2 rings (SSSR count). The van der Waals surface area contributed by atoms with E-state index in [-0.39, 0.29) is 10.9 Å². The predicted octanol–water partition coefficient (Wildman–Crippen LogP) is 1.71. The van der Waals surface area contributed by atoms with Crippen molar-refractivity contribution in [1.82, 2.24) is 10.2 Å². The van der Waals surface area contributed by atoms with Crippen LogP contribution in [0, 0.1) is 5.82 Å². The first kappa shape index (κ1) is 14.2. The number of likely N-dealkylation sites (N-methyl/N-ethyl adjacent to an activating group) is 1. The average Bonchev–Trinajstić information content (AvgIpc) is 2.30. The van der Waals surface area contributed by atoms with Gasteiger partial charge in [0.2, 0.25) is 5.91 Å². The highest BCUT2D eigenvalue weighted by Crippen LogP contribution is 2.19. The number of carbonyl (C=O) groups is 1. The largest absolute Gasteiger partial charge is 0.325 e. The third-order valence-corrected chi connectivity index (χ3v) is 3.52. The molecule has 2 N–H and O–H groups in total. The van der Waals surface area contributed by atoms with Gasteiger partial charge in [-0.25, -0.2) is 4.39 Å². The van der Waals surface area contributed by atoms with E-state index in [2.05, 4.69) is 15.5 Å². The van der Waals surface area contributed by atoms with Gasteiger partial charge in [0.1, 0.15) is 5.82 Å². The van der Waals surface area contributed by atoms with Gasteiger partial charge in [0, 0.05) is 24.8 Å². The summed E-state index contributed by atoms with van der Waals surface area (Å²) in [5.74, 6) is -0.605. The van der Waals surface area contributed by atoms with Crippen LogP contribution in [0.5, 0.6) is 0 Å². The van der Waals surface area contributed by atoms with Crippen molar-refractivity contribution in [2.75, 3.05) is 31.5 Å². The molecule has 0 bridgehead atoms. The summed E-state index contributed by atoms with van der Waals surface area (Å²) in [7, 11) is 0. The van der Waals surface area contributed by atoms with Crippen molar-refractivity contribution in [2.45, 2.75) is 13.0 Å². The van der Waals surface area contributed by atoms with E-state index in [1.54, 1.807) is 0 Å². The lowest BCUT2D eigenvalue weighted by atomic mass is 10.1. The zero-order valence-corrected chi connectivity index (χ0v) is 11.5. The number of benzene rings is 1. The van der Waals surface area contributed by atoms with Gasteiger partial charge in [0.15, 0.2) is 0 Å². The molecular formula is C13H17ClFN3O. The van der Waals surface area contributed by atoms with Crippen LogP contribution in [-0.2, 0) is 4.79 Å². The van der Waals surface area contributed by atoms with Crippen LogP contribution in [0.25, 0.3) is 0 Å². The van der Waals surface area contributed by atoms with Crippen LogP contribution in [0.4, 0.5) is 10.1 Å². The summed E-state index contributed by atoms with van der Waals surface area (Å²) in [6.45, 7) is 5.02. The molecule has 1 heterocycles. The van der Waals surface area contributed by atoms with Crippen LogP contribution in [-0.4, -0.2) is 43.0 Å². The Morgan fingerprint density at radius 1 is 1.58 bits per heavy atom. The van der Waals surface area contributed by atoms with E-state index in [1.165, 1.54) is 18.2 Å². The summed E-state index contributed by atoms with van der Waals surface area (Å²) < 4.78 is 13.0. The van der Waals surface area contributed by atoms with Gasteiger partial charge < -0.3 is 10.6 Å². The maximum atomic E-state index is 13.0. The molecule has 1 aromatic rings. The lowest BCUT2D eigenvalue weighted by Gasteiger charge is -2.37. The topological polar surface area (TPSA) is 44.4 Å². The first-order valence-corrected chi connectivity index (χ1v) is 6.67. The van der Waals surface area contributed by atoms with Crippen molar-refractivity contribution in [3.63, 3.8) is 0 Å². The van der Waals surface area contributed by atoms with Crippen LogP contribution in [0.3, 0.4) is 0 Å². The summed E-state index contributed by atoms with van der Waals surface area (Å²) in [5.41, 5.74) is 0.513. The average molecular weight is 286 g/mol. The van der Waals surface area contributed by atoms with Crippen LogP contribution in [0.15, 0.2) is 18.2 Å². The molecule has 1 amide bonds. The van der Waals surface area contributed by atoms with E-state index in [0.29, 0.717) is 18.3 Å². The minimum atomic E-state index is -0.490. The Balaban J connectivity index is 1.90. The Bertz CT molecular complexity index is 465. The molecule has 0 aliphatic carbocycles. The zero-order valence-electron chi connectivity index (χ0n) is 10.7. The van der Waals surface area contributed by atoms with E-state index in [1.807, 2.05) is 6.92 Å². The molecule has 0 saturated carbocycles. The molecule has 0 radical (unpaired) electrons. The summed E-state index contributed by atoms with van der Waals surface area (Å²) in [6, 6.07) is 4.58. The van der Waals surface area contributed by atoms with Gasteiger partial charge in [-0.15, -0.1) is 0 Å². The van der Waals surface area contributed by atoms with Gasteiger partial charge in [-0.05, 0) is 24.7 Å². The number of nitrogens with zero attached hydrogens (tertiary/aromatic N) is 1. The highest BCUT2D eigenvalue weighted by atomic mass is 35.5. The molecule has 4 nitrogen and oxygen atoms in total. The van der Waals surface area contributed by atoms with Gasteiger partial charge in [0.05, 0.1) is 11.6 Å². The number of halogens is 2. The highest BCUT2D eigenvalue weighted by Gasteiger charge is 2.24. The molecule has 0 unspecified atom stereocenters. The minimum Gasteiger partial charge on any atom is -0.325 e. The molecule has 0 atom stereocenters. The van der Waals surface area contributed by atoms with Gasteiger partial charge in [0.25, 0.3) is 0 Å². The van der Waals surface area contributed by atoms with Crippen LogP contribution < -0.4 is 10.6 Å². The number of carbonyl (C=O) groups excluding carboxylic acids is 1. The fourth-order valence-corrected chi connectivity index (χ4v) is 2.17. The molecule has 1 saturated heterocycles. The molecule has 1 fully saturated rings. The SMILES string of the molecule is CCN(CC(=O)Nc1ccc(F)c(Cl)c1)C1CNC1. The standard InChI is InChI=1S/C13H17ClFN3O/c1-2-18(10-6-16-7-10)8-13(19)17-9-3-4-12(15)11(14)5-9/h3-5,10,16H,2,6-8H2,1H3,(H,17,19). The monoisotopic (exact) mass is 285 g/mol. The molecule has 0 aromatic heterocycles. The Morgan fingerprint density at radius 3 is 2.84 bits per heavy atom. The fraction of sp³-hybridized carbons (Fsp3) is 0.462. The smallest absolute Gasteiger partial charge is 0.238 e. The Kier molecular flexibility index (Phi) is 4.74. The van der Waals surface area contributed by atoms with Crippen LogP contribution in [0.1, 0.15) is 6.92 Å². The van der Waals surface area contributed by atoms with Gasteiger partial charge in [-0.3, -0.25) is 9.69 Å². The van der Waals surface area contributed by atoms with Crippen molar-refractivity contribution >= 4 is 23.2 Å². The number of hydrogen-bond donors (Lipinski definition) is 2. The van der Waals surface area contributed by atoms with Gasteiger partial charge in [-0.2, -0.15) is 0 Å². The summed E-state index contributed by atoms with van der Waals surface area (Å²) in [6.07, 6.45) is 0. The van der Waals surface area contributed by atoms with Crippen LogP contribution in [0.2, 0.25) is 5.02 Å². The normalized spacial score (nSPS) is 15.4. The van der Waals surface area contributed by atoms with Gasteiger partial charge in [-0.1, -0.05) is 18.5 Å².